The zero-order chi connectivity index (χ0) is 16.4. The zero-order valence-corrected chi connectivity index (χ0v) is 13.1. The molecule has 1 aliphatic heterocycles. The van der Waals surface area contributed by atoms with Crippen molar-refractivity contribution in [1.82, 2.24) is 5.32 Å². The second-order valence-electron chi connectivity index (χ2n) is 5.53. The Morgan fingerprint density at radius 2 is 2.04 bits per heavy atom. The van der Waals surface area contributed by atoms with Gasteiger partial charge in [-0.3, -0.25) is 4.79 Å². The summed E-state index contributed by atoms with van der Waals surface area (Å²) in [5, 5.41) is 12.0. The highest BCUT2D eigenvalue weighted by Gasteiger charge is 2.25. The zero-order valence-electron chi connectivity index (χ0n) is 12.3. The Hall–Kier alpha value is -2.27. The van der Waals surface area contributed by atoms with Crippen LogP contribution in [-0.4, -0.2) is 30.1 Å². The molecule has 0 saturated carbocycles. The monoisotopic (exact) mass is 334 g/mol. The highest BCUT2D eigenvalue weighted by Crippen LogP contribution is 2.28. The van der Waals surface area contributed by atoms with Crippen LogP contribution in [0.15, 0.2) is 42.5 Å². The molecule has 6 heteroatoms. The van der Waals surface area contributed by atoms with E-state index in [1.807, 2.05) is 30.3 Å². The van der Waals surface area contributed by atoms with Gasteiger partial charge in [-0.05, 0) is 30.7 Å². The Labute approximate surface area is 138 Å². The molecule has 0 radical (unpaired) electrons. The lowest BCUT2D eigenvalue weighted by Crippen LogP contribution is -2.37. The van der Waals surface area contributed by atoms with Crippen LogP contribution in [0.3, 0.4) is 0 Å². The summed E-state index contributed by atoms with van der Waals surface area (Å²) in [6.45, 7) is 1.55. The molecule has 4 nitrogen and oxygen atoms in total. The van der Waals surface area contributed by atoms with Crippen molar-refractivity contribution in [2.24, 2.45) is 0 Å². The number of anilines is 1. The van der Waals surface area contributed by atoms with E-state index < -0.39 is 17.5 Å². The lowest BCUT2D eigenvalue weighted by Gasteiger charge is -2.19. The maximum atomic E-state index is 13.5. The van der Waals surface area contributed by atoms with E-state index in [0.29, 0.717) is 6.54 Å². The van der Waals surface area contributed by atoms with Crippen molar-refractivity contribution in [3.8, 4) is 5.75 Å². The molecule has 1 fully saturated rings. The number of carbonyl (C=O) groups is 1. The Kier molecular flexibility index (Phi) is 4.39. The summed E-state index contributed by atoms with van der Waals surface area (Å²) in [5.74, 6) is -1.94. The second-order valence-corrected chi connectivity index (χ2v) is 5.94. The van der Waals surface area contributed by atoms with Gasteiger partial charge in [0.2, 0.25) is 0 Å². The predicted molar refractivity (Wildman–Crippen MR) is 87.6 cm³/mol. The number of carbonyl (C=O) groups excluding carboxylic acids is 1. The third kappa shape index (κ3) is 3.40. The van der Waals surface area contributed by atoms with Crippen LogP contribution in [0.5, 0.6) is 5.75 Å². The summed E-state index contributed by atoms with van der Waals surface area (Å²) in [4.78, 5) is 14.4. The van der Waals surface area contributed by atoms with E-state index in [9.17, 15) is 14.3 Å². The molecule has 0 aliphatic carbocycles. The summed E-state index contributed by atoms with van der Waals surface area (Å²) >= 11 is 5.70. The molecule has 1 unspecified atom stereocenters. The van der Waals surface area contributed by atoms with Gasteiger partial charge in [-0.15, -0.1) is 0 Å². The van der Waals surface area contributed by atoms with Gasteiger partial charge in [0.1, 0.15) is 0 Å². The summed E-state index contributed by atoms with van der Waals surface area (Å²) in [7, 11) is 0. The Balaban J connectivity index is 1.65. The summed E-state index contributed by atoms with van der Waals surface area (Å²) in [6.07, 6.45) is 0.814. The van der Waals surface area contributed by atoms with E-state index in [2.05, 4.69) is 10.2 Å². The van der Waals surface area contributed by atoms with Crippen LogP contribution >= 0.6 is 11.6 Å². The van der Waals surface area contributed by atoms with Gasteiger partial charge in [0, 0.05) is 30.4 Å². The van der Waals surface area contributed by atoms with E-state index in [4.69, 9.17) is 11.6 Å². The molecule has 0 spiro atoms. The molecule has 2 N–H and O–H groups in total. The van der Waals surface area contributed by atoms with Crippen LogP contribution in [-0.2, 0) is 0 Å². The first-order valence-corrected chi connectivity index (χ1v) is 7.71. The normalized spacial score (nSPS) is 17.3. The summed E-state index contributed by atoms with van der Waals surface area (Å²) in [6, 6.07) is 12.2. The van der Waals surface area contributed by atoms with Gasteiger partial charge in [0.25, 0.3) is 5.91 Å². The summed E-state index contributed by atoms with van der Waals surface area (Å²) in [5.41, 5.74) is 1.21. The molecule has 23 heavy (non-hydrogen) atoms. The molecule has 2 aromatic rings. The van der Waals surface area contributed by atoms with E-state index in [0.717, 1.165) is 24.7 Å². The van der Waals surface area contributed by atoms with E-state index in [1.165, 1.54) is 6.07 Å². The van der Waals surface area contributed by atoms with Crippen LogP contribution in [0.25, 0.3) is 0 Å². The van der Waals surface area contributed by atoms with E-state index >= 15 is 0 Å². The molecule has 0 aromatic heterocycles. The molecule has 0 bridgehead atoms. The van der Waals surface area contributed by atoms with Crippen LogP contribution in [0.4, 0.5) is 10.1 Å². The van der Waals surface area contributed by atoms with Crippen molar-refractivity contribution in [2.45, 2.75) is 12.5 Å². The maximum absolute atomic E-state index is 13.5. The van der Waals surface area contributed by atoms with Gasteiger partial charge < -0.3 is 15.3 Å². The maximum Gasteiger partial charge on any atom is 0.251 e. The average Bonchev–Trinajstić information content (AvgIpc) is 3.01. The minimum atomic E-state index is -0.903. The molecule has 1 aliphatic rings. The van der Waals surface area contributed by atoms with Gasteiger partial charge in [-0.2, -0.15) is 0 Å². The number of phenols is 1. The number of phenolic OH excluding ortho intramolecular Hbond substituents is 1. The third-order valence-corrected chi connectivity index (χ3v) is 4.21. The third-order valence-electron chi connectivity index (χ3n) is 3.92. The first kappa shape index (κ1) is 15.6. The van der Waals surface area contributed by atoms with Crippen molar-refractivity contribution in [3.63, 3.8) is 0 Å². The minimum Gasteiger partial charge on any atom is -0.504 e. The SMILES string of the molecule is O=C(NC1CCN(c2ccccc2)C1)c1cc(F)c(O)c(Cl)c1. The topological polar surface area (TPSA) is 52.6 Å². The van der Waals surface area contributed by atoms with Crippen LogP contribution < -0.4 is 10.2 Å². The molecule has 1 heterocycles. The van der Waals surface area contributed by atoms with Gasteiger partial charge in [-0.25, -0.2) is 4.39 Å². The van der Waals surface area contributed by atoms with Crippen molar-refractivity contribution in [2.75, 3.05) is 18.0 Å². The number of rotatable bonds is 3. The van der Waals surface area contributed by atoms with Crippen molar-refractivity contribution in [1.29, 1.82) is 0 Å². The van der Waals surface area contributed by atoms with Crippen LogP contribution in [0.1, 0.15) is 16.8 Å². The van der Waals surface area contributed by atoms with Crippen LogP contribution in [0, 0.1) is 5.82 Å². The smallest absolute Gasteiger partial charge is 0.251 e. The lowest BCUT2D eigenvalue weighted by molar-refractivity contribution is 0.0940. The number of nitrogens with zero attached hydrogens (tertiary/aromatic N) is 1. The van der Waals surface area contributed by atoms with E-state index in [1.54, 1.807) is 0 Å². The lowest BCUT2D eigenvalue weighted by atomic mass is 10.1. The molecular formula is C17H16ClFN2O2. The van der Waals surface area contributed by atoms with Crippen molar-refractivity contribution < 1.29 is 14.3 Å². The number of amides is 1. The molecule has 1 amide bonds. The molecule has 120 valence electrons. The largest absolute Gasteiger partial charge is 0.504 e. The fraction of sp³-hybridized carbons (Fsp3) is 0.235. The predicted octanol–water partition coefficient (Wildman–Crippen LogP) is 3.19. The Bertz CT molecular complexity index is 701. The minimum absolute atomic E-state index is 0.0154. The number of aromatic hydroxyl groups is 1. The number of nitrogens with one attached hydrogen (secondary N) is 1. The van der Waals surface area contributed by atoms with E-state index in [-0.39, 0.29) is 16.6 Å². The standard InChI is InChI=1S/C17H16ClFN2O2/c18-14-8-11(9-15(19)16(14)22)17(23)20-12-6-7-21(10-12)13-4-2-1-3-5-13/h1-5,8-9,12,22H,6-7,10H2,(H,20,23). The van der Waals surface area contributed by atoms with Crippen molar-refractivity contribution in [3.05, 3.63) is 58.9 Å². The molecule has 1 atom stereocenters. The number of benzene rings is 2. The highest BCUT2D eigenvalue weighted by molar-refractivity contribution is 6.32. The van der Waals surface area contributed by atoms with Crippen molar-refractivity contribution >= 4 is 23.2 Å². The fourth-order valence-corrected chi connectivity index (χ4v) is 2.92. The number of halogens is 2. The quantitative estimate of drug-likeness (QED) is 0.906. The average molecular weight is 335 g/mol. The fourth-order valence-electron chi connectivity index (χ4n) is 2.72. The number of hydrogen-bond acceptors (Lipinski definition) is 3. The van der Waals surface area contributed by atoms with Gasteiger partial charge >= 0.3 is 0 Å². The first-order chi connectivity index (χ1) is 11.0. The molecule has 1 saturated heterocycles. The molecule has 3 rings (SSSR count). The number of hydrogen-bond donors (Lipinski definition) is 2. The van der Waals surface area contributed by atoms with Gasteiger partial charge in [0.15, 0.2) is 11.6 Å². The van der Waals surface area contributed by atoms with Crippen LogP contribution in [0.2, 0.25) is 5.02 Å². The first-order valence-electron chi connectivity index (χ1n) is 7.33. The second kappa shape index (κ2) is 6.46. The summed E-state index contributed by atoms with van der Waals surface area (Å²) < 4.78 is 13.5. The van der Waals surface area contributed by atoms with Gasteiger partial charge in [0.05, 0.1) is 5.02 Å². The molecular weight excluding hydrogens is 319 g/mol. The Morgan fingerprint density at radius 1 is 1.30 bits per heavy atom. The number of para-hydroxylation sites is 1. The van der Waals surface area contributed by atoms with Gasteiger partial charge in [-0.1, -0.05) is 29.8 Å². The Morgan fingerprint density at radius 3 is 2.74 bits per heavy atom. The molecule has 2 aromatic carbocycles. The highest BCUT2D eigenvalue weighted by atomic mass is 35.5.